The number of hydrogen-bond acceptors (Lipinski definition) is 4. The zero-order chi connectivity index (χ0) is 15.6. The standard InChI is InChI=1S/C13H16F3N3O2/c1-18-5-4-9(8-18)7-17-10-2-3-12(19(20)21)11(6-10)13(14,15)16/h2-3,6,9,17H,4-5,7-8H2,1H3. The molecule has 8 heteroatoms. The summed E-state index contributed by atoms with van der Waals surface area (Å²) < 4.78 is 38.5. The van der Waals surface area contributed by atoms with Gasteiger partial charge in [0, 0.05) is 24.8 Å². The van der Waals surface area contributed by atoms with Crippen LogP contribution in [0.3, 0.4) is 0 Å². The molecule has 0 amide bonds. The van der Waals surface area contributed by atoms with E-state index in [9.17, 15) is 23.3 Å². The lowest BCUT2D eigenvalue weighted by atomic mass is 10.1. The number of rotatable bonds is 4. The Morgan fingerprint density at radius 3 is 2.71 bits per heavy atom. The van der Waals surface area contributed by atoms with E-state index < -0.39 is 22.4 Å². The van der Waals surface area contributed by atoms with E-state index in [1.165, 1.54) is 6.07 Å². The first kappa shape index (κ1) is 15.6. The molecule has 5 nitrogen and oxygen atoms in total. The smallest absolute Gasteiger partial charge is 0.385 e. The lowest BCUT2D eigenvalue weighted by molar-refractivity contribution is -0.388. The summed E-state index contributed by atoms with van der Waals surface area (Å²) in [6, 6.07) is 3.01. The van der Waals surface area contributed by atoms with Crippen molar-refractivity contribution in [3.8, 4) is 0 Å². The van der Waals surface area contributed by atoms with Crippen molar-refractivity contribution >= 4 is 11.4 Å². The van der Waals surface area contributed by atoms with Crippen molar-refractivity contribution in [3.05, 3.63) is 33.9 Å². The molecule has 21 heavy (non-hydrogen) atoms. The van der Waals surface area contributed by atoms with Gasteiger partial charge < -0.3 is 10.2 Å². The van der Waals surface area contributed by atoms with Gasteiger partial charge in [0.05, 0.1) is 4.92 Å². The first-order valence-electron chi connectivity index (χ1n) is 6.55. The highest BCUT2D eigenvalue weighted by Gasteiger charge is 2.38. The van der Waals surface area contributed by atoms with Crippen molar-refractivity contribution in [2.45, 2.75) is 12.6 Å². The molecule has 1 aliphatic heterocycles. The fourth-order valence-corrected chi connectivity index (χ4v) is 2.49. The van der Waals surface area contributed by atoms with Crippen LogP contribution in [-0.4, -0.2) is 36.5 Å². The minimum atomic E-state index is -4.74. The molecule has 1 fully saturated rings. The number of alkyl halides is 3. The minimum Gasteiger partial charge on any atom is -0.385 e. The van der Waals surface area contributed by atoms with E-state index in [4.69, 9.17) is 0 Å². The van der Waals surface area contributed by atoms with Gasteiger partial charge in [0.1, 0.15) is 5.56 Å². The molecule has 0 aromatic heterocycles. The zero-order valence-corrected chi connectivity index (χ0v) is 11.5. The Labute approximate surface area is 119 Å². The SMILES string of the molecule is CN1CCC(CNc2ccc([N+](=O)[O-])c(C(F)(F)F)c2)C1. The largest absolute Gasteiger partial charge is 0.423 e. The van der Waals surface area contributed by atoms with Crippen LogP contribution < -0.4 is 5.32 Å². The Morgan fingerprint density at radius 1 is 1.48 bits per heavy atom. The Kier molecular flexibility index (Phi) is 4.36. The molecule has 116 valence electrons. The van der Waals surface area contributed by atoms with Crippen LogP contribution >= 0.6 is 0 Å². The summed E-state index contributed by atoms with van der Waals surface area (Å²) in [7, 11) is 1.99. The van der Waals surface area contributed by atoms with Crippen molar-refractivity contribution in [1.82, 2.24) is 4.90 Å². The quantitative estimate of drug-likeness (QED) is 0.686. The molecular weight excluding hydrogens is 287 g/mol. The maximum Gasteiger partial charge on any atom is 0.423 e. The molecule has 1 aliphatic rings. The van der Waals surface area contributed by atoms with Crippen LogP contribution in [0.1, 0.15) is 12.0 Å². The van der Waals surface area contributed by atoms with E-state index in [0.717, 1.165) is 31.6 Å². The van der Waals surface area contributed by atoms with Gasteiger partial charge in [0.15, 0.2) is 0 Å². The van der Waals surface area contributed by atoms with Gasteiger partial charge in [0.2, 0.25) is 0 Å². The number of benzene rings is 1. The van der Waals surface area contributed by atoms with E-state index in [2.05, 4.69) is 10.2 Å². The summed E-state index contributed by atoms with van der Waals surface area (Å²) in [4.78, 5) is 11.8. The van der Waals surface area contributed by atoms with Crippen LogP contribution in [0, 0.1) is 16.0 Å². The van der Waals surface area contributed by atoms with Gasteiger partial charge in [-0.2, -0.15) is 13.2 Å². The minimum absolute atomic E-state index is 0.252. The molecule has 1 aromatic rings. The number of nitrogens with one attached hydrogen (secondary N) is 1. The first-order valence-corrected chi connectivity index (χ1v) is 6.55. The Hall–Kier alpha value is -1.83. The van der Waals surface area contributed by atoms with Crippen LogP contribution in [0.2, 0.25) is 0 Å². The first-order chi connectivity index (χ1) is 9.77. The summed E-state index contributed by atoms with van der Waals surface area (Å²) in [6.45, 7) is 2.42. The molecule has 1 heterocycles. The average molecular weight is 303 g/mol. The highest BCUT2D eigenvalue weighted by atomic mass is 19.4. The Morgan fingerprint density at radius 2 is 2.19 bits per heavy atom. The molecular formula is C13H16F3N3O2. The van der Waals surface area contributed by atoms with Crippen molar-refractivity contribution in [1.29, 1.82) is 0 Å². The van der Waals surface area contributed by atoms with Gasteiger partial charge in [-0.15, -0.1) is 0 Å². The topological polar surface area (TPSA) is 58.4 Å². The normalized spacial score (nSPS) is 19.7. The van der Waals surface area contributed by atoms with E-state index in [0.29, 0.717) is 12.5 Å². The van der Waals surface area contributed by atoms with Crippen LogP contribution in [0.4, 0.5) is 24.5 Å². The van der Waals surface area contributed by atoms with Gasteiger partial charge in [-0.05, 0) is 38.1 Å². The third-order valence-electron chi connectivity index (χ3n) is 3.58. The molecule has 0 spiro atoms. The summed E-state index contributed by atoms with van der Waals surface area (Å²) >= 11 is 0. The van der Waals surface area contributed by atoms with Crippen molar-refractivity contribution in [2.24, 2.45) is 5.92 Å². The molecule has 0 radical (unpaired) electrons. The second-order valence-electron chi connectivity index (χ2n) is 5.28. The summed E-state index contributed by atoms with van der Waals surface area (Å²) in [5.41, 5.74) is -1.89. The molecule has 1 unspecified atom stereocenters. The van der Waals surface area contributed by atoms with E-state index in [1.807, 2.05) is 7.05 Å². The van der Waals surface area contributed by atoms with Gasteiger partial charge in [0.25, 0.3) is 5.69 Å². The summed E-state index contributed by atoms with van der Waals surface area (Å²) in [5.74, 6) is 0.375. The van der Waals surface area contributed by atoms with E-state index >= 15 is 0 Å². The molecule has 1 aromatic carbocycles. The van der Waals surface area contributed by atoms with Crippen LogP contribution in [0.15, 0.2) is 18.2 Å². The molecule has 1 saturated heterocycles. The second-order valence-corrected chi connectivity index (χ2v) is 5.28. The zero-order valence-electron chi connectivity index (χ0n) is 11.5. The van der Waals surface area contributed by atoms with Gasteiger partial charge in [-0.3, -0.25) is 10.1 Å². The molecule has 1 atom stereocenters. The summed E-state index contributed by atoms with van der Waals surface area (Å²) in [5, 5.41) is 13.6. The third-order valence-corrected chi connectivity index (χ3v) is 3.58. The molecule has 2 rings (SSSR count). The van der Waals surface area contributed by atoms with Crippen LogP contribution in [0.25, 0.3) is 0 Å². The molecule has 0 saturated carbocycles. The number of nitrogens with zero attached hydrogens (tertiary/aromatic N) is 2. The number of hydrogen-bond donors (Lipinski definition) is 1. The third kappa shape index (κ3) is 3.84. The van der Waals surface area contributed by atoms with Crippen molar-refractivity contribution in [2.75, 3.05) is 32.0 Å². The average Bonchev–Trinajstić information content (AvgIpc) is 2.81. The number of nitro groups is 1. The number of likely N-dealkylation sites (tertiary alicyclic amines) is 1. The van der Waals surface area contributed by atoms with Crippen LogP contribution in [-0.2, 0) is 6.18 Å². The molecule has 0 aliphatic carbocycles. The number of halogens is 3. The van der Waals surface area contributed by atoms with E-state index in [1.54, 1.807) is 0 Å². The second kappa shape index (κ2) is 5.88. The van der Waals surface area contributed by atoms with Crippen LogP contribution in [0.5, 0.6) is 0 Å². The fraction of sp³-hybridized carbons (Fsp3) is 0.538. The maximum absolute atomic E-state index is 12.8. The monoisotopic (exact) mass is 303 g/mol. The summed E-state index contributed by atoms with van der Waals surface area (Å²) in [6.07, 6.45) is -3.75. The molecule has 1 N–H and O–H groups in total. The number of nitro benzene ring substituents is 1. The number of anilines is 1. The van der Waals surface area contributed by atoms with Gasteiger partial charge in [-0.1, -0.05) is 0 Å². The predicted molar refractivity (Wildman–Crippen MR) is 72.2 cm³/mol. The predicted octanol–water partition coefficient (Wildman–Crippen LogP) is 2.98. The van der Waals surface area contributed by atoms with Gasteiger partial charge in [-0.25, -0.2) is 0 Å². The van der Waals surface area contributed by atoms with Gasteiger partial charge >= 0.3 is 6.18 Å². The highest BCUT2D eigenvalue weighted by molar-refractivity contribution is 5.55. The maximum atomic E-state index is 12.8. The lowest BCUT2D eigenvalue weighted by Gasteiger charge is -2.14. The van der Waals surface area contributed by atoms with E-state index in [-0.39, 0.29) is 5.69 Å². The fourth-order valence-electron chi connectivity index (χ4n) is 2.49. The Bertz CT molecular complexity index is 534. The van der Waals surface area contributed by atoms with Crippen molar-refractivity contribution in [3.63, 3.8) is 0 Å². The molecule has 0 bridgehead atoms. The van der Waals surface area contributed by atoms with Crippen molar-refractivity contribution < 1.29 is 18.1 Å². The Balaban J connectivity index is 2.12. The lowest BCUT2D eigenvalue weighted by Crippen LogP contribution is -2.19. The highest BCUT2D eigenvalue weighted by Crippen LogP contribution is 2.37.